The molecule has 1 aromatic carbocycles. The van der Waals surface area contributed by atoms with E-state index in [1.54, 1.807) is 7.11 Å². The van der Waals surface area contributed by atoms with Crippen molar-refractivity contribution in [2.24, 2.45) is 5.41 Å². The lowest BCUT2D eigenvalue weighted by Gasteiger charge is -2.21. The summed E-state index contributed by atoms with van der Waals surface area (Å²) in [5.41, 5.74) is 1.18. The number of hydrogen-bond donors (Lipinski definition) is 0. The molecule has 0 saturated carbocycles. The zero-order chi connectivity index (χ0) is 12.2. The molecule has 2 heteroatoms. The molecule has 1 aromatic rings. The molecule has 0 aliphatic rings. The van der Waals surface area contributed by atoms with Crippen LogP contribution in [0.1, 0.15) is 20.8 Å². The van der Waals surface area contributed by atoms with Crippen LogP contribution in [0.5, 0.6) is 11.5 Å². The third-order valence-electron chi connectivity index (χ3n) is 2.53. The van der Waals surface area contributed by atoms with Gasteiger partial charge in [0.2, 0.25) is 0 Å². The first-order valence-corrected chi connectivity index (χ1v) is 5.38. The van der Waals surface area contributed by atoms with Gasteiger partial charge >= 0.3 is 0 Å². The summed E-state index contributed by atoms with van der Waals surface area (Å²) in [7, 11) is 1.65. The van der Waals surface area contributed by atoms with Gasteiger partial charge in [-0.3, -0.25) is 0 Å². The van der Waals surface area contributed by atoms with Crippen LogP contribution in [-0.2, 0) is 0 Å². The lowest BCUT2D eigenvalue weighted by Crippen LogP contribution is -2.15. The minimum Gasteiger partial charge on any atom is -0.497 e. The Bertz CT molecular complexity index is 344. The van der Waals surface area contributed by atoms with Crippen molar-refractivity contribution in [2.75, 3.05) is 13.7 Å². The van der Waals surface area contributed by atoms with E-state index in [0.29, 0.717) is 6.61 Å². The van der Waals surface area contributed by atoms with Crippen LogP contribution in [-0.4, -0.2) is 13.7 Å². The fourth-order valence-electron chi connectivity index (χ4n) is 1.06. The second-order valence-corrected chi connectivity index (χ2v) is 4.82. The van der Waals surface area contributed by atoms with Crippen molar-refractivity contribution in [1.29, 1.82) is 0 Å². The van der Waals surface area contributed by atoms with Crippen LogP contribution in [0.15, 0.2) is 36.4 Å². The van der Waals surface area contributed by atoms with Gasteiger partial charge in [0, 0.05) is 0 Å². The summed E-state index contributed by atoms with van der Waals surface area (Å²) in [5, 5.41) is 0. The first kappa shape index (κ1) is 12.6. The highest BCUT2D eigenvalue weighted by molar-refractivity contribution is 5.31. The van der Waals surface area contributed by atoms with E-state index in [4.69, 9.17) is 9.47 Å². The molecule has 0 unspecified atom stereocenters. The van der Waals surface area contributed by atoms with Gasteiger partial charge in [-0.2, -0.15) is 0 Å². The number of benzene rings is 1. The van der Waals surface area contributed by atoms with Crippen molar-refractivity contribution < 1.29 is 9.47 Å². The molecule has 0 atom stereocenters. The number of ether oxygens (including phenoxy) is 2. The Hall–Kier alpha value is -1.44. The van der Waals surface area contributed by atoms with Crippen molar-refractivity contribution in [3.05, 3.63) is 36.4 Å². The Morgan fingerprint density at radius 1 is 1.12 bits per heavy atom. The third kappa shape index (κ3) is 3.61. The van der Waals surface area contributed by atoms with Crippen molar-refractivity contribution in [2.45, 2.75) is 20.8 Å². The van der Waals surface area contributed by atoms with Gasteiger partial charge < -0.3 is 9.47 Å². The Balaban J connectivity index is 2.52. The second-order valence-electron chi connectivity index (χ2n) is 4.82. The average Bonchev–Trinajstić information content (AvgIpc) is 2.25. The lowest BCUT2D eigenvalue weighted by molar-refractivity contribution is 0.315. The van der Waals surface area contributed by atoms with Gasteiger partial charge in [-0.05, 0) is 35.3 Å². The zero-order valence-corrected chi connectivity index (χ0v) is 10.5. The molecule has 0 aromatic heterocycles. The molecule has 0 spiro atoms. The average molecular weight is 220 g/mol. The van der Waals surface area contributed by atoms with Crippen molar-refractivity contribution >= 4 is 0 Å². The highest BCUT2D eigenvalue weighted by Crippen LogP contribution is 2.24. The Kier molecular flexibility index (Phi) is 3.99. The second kappa shape index (κ2) is 5.06. The summed E-state index contributed by atoms with van der Waals surface area (Å²) >= 11 is 0. The van der Waals surface area contributed by atoms with Crippen LogP contribution in [0.4, 0.5) is 0 Å². The molecule has 0 aliphatic heterocycles. The minimum absolute atomic E-state index is 0.0898. The van der Waals surface area contributed by atoms with Gasteiger partial charge in [0.1, 0.15) is 18.1 Å². The van der Waals surface area contributed by atoms with E-state index in [2.05, 4.69) is 27.4 Å². The van der Waals surface area contributed by atoms with E-state index in [-0.39, 0.29) is 5.41 Å². The summed E-state index contributed by atoms with van der Waals surface area (Å²) in [5.74, 6) is 1.67. The van der Waals surface area contributed by atoms with E-state index in [1.165, 1.54) is 0 Å². The largest absolute Gasteiger partial charge is 0.497 e. The molecule has 0 fully saturated rings. The third-order valence-corrected chi connectivity index (χ3v) is 2.53. The first-order valence-electron chi connectivity index (χ1n) is 5.38. The molecular weight excluding hydrogens is 200 g/mol. The summed E-state index contributed by atoms with van der Waals surface area (Å²) in [6.07, 6.45) is 0. The summed E-state index contributed by atoms with van der Waals surface area (Å²) in [4.78, 5) is 0. The van der Waals surface area contributed by atoms with Crippen molar-refractivity contribution in [3.63, 3.8) is 0 Å². The van der Waals surface area contributed by atoms with Crippen LogP contribution in [0.3, 0.4) is 0 Å². The highest BCUT2D eigenvalue weighted by Gasteiger charge is 2.14. The normalized spacial score (nSPS) is 11.0. The van der Waals surface area contributed by atoms with Crippen LogP contribution in [0.25, 0.3) is 0 Å². The Morgan fingerprint density at radius 2 is 1.62 bits per heavy atom. The molecule has 88 valence electrons. The van der Waals surface area contributed by atoms with Gasteiger partial charge in [-0.15, -0.1) is 0 Å². The molecule has 0 N–H and O–H groups in total. The quantitative estimate of drug-likeness (QED) is 0.721. The highest BCUT2D eigenvalue weighted by atomic mass is 16.5. The van der Waals surface area contributed by atoms with Crippen molar-refractivity contribution in [1.82, 2.24) is 0 Å². The smallest absolute Gasteiger partial charge is 0.120 e. The topological polar surface area (TPSA) is 18.5 Å². The lowest BCUT2D eigenvalue weighted by atomic mass is 9.88. The van der Waals surface area contributed by atoms with Crippen LogP contribution in [0.2, 0.25) is 0 Å². The van der Waals surface area contributed by atoms with E-state index >= 15 is 0 Å². The molecule has 0 saturated heterocycles. The number of methoxy groups -OCH3 is 1. The minimum atomic E-state index is 0.0898. The van der Waals surface area contributed by atoms with E-state index in [9.17, 15) is 0 Å². The summed E-state index contributed by atoms with van der Waals surface area (Å²) in [6, 6.07) is 7.56. The molecule has 1 rings (SSSR count). The van der Waals surface area contributed by atoms with Crippen molar-refractivity contribution in [3.8, 4) is 11.5 Å². The molecule has 16 heavy (non-hydrogen) atoms. The fourth-order valence-corrected chi connectivity index (χ4v) is 1.06. The van der Waals surface area contributed by atoms with Gasteiger partial charge in [0.15, 0.2) is 0 Å². The monoisotopic (exact) mass is 220 g/mol. The zero-order valence-electron chi connectivity index (χ0n) is 10.5. The van der Waals surface area contributed by atoms with Gasteiger partial charge in [0.05, 0.1) is 7.11 Å². The molecule has 0 aliphatic carbocycles. The van der Waals surface area contributed by atoms with E-state index in [1.807, 2.05) is 24.3 Å². The van der Waals surface area contributed by atoms with Crippen LogP contribution >= 0.6 is 0 Å². The molecule has 0 heterocycles. The maximum absolute atomic E-state index is 5.64. The predicted molar refractivity (Wildman–Crippen MR) is 67.1 cm³/mol. The van der Waals surface area contributed by atoms with Gasteiger partial charge in [-0.25, -0.2) is 0 Å². The molecule has 2 nitrogen and oxygen atoms in total. The SMILES string of the molecule is C=C(COc1ccc(OC)cc1)C(C)(C)C. The van der Waals surface area contributed by atoms with Crippen LogP contribution in [0, 0.1) is 5.41 Å². The molecule has 0 bridgehead atoms. The number of hydrogen-bond acceptors (Lipinski definition) is 2. The summed E-state index contributed by atoms with van der Waals surface area (Å²) < 4.78 is 10.7. The molecule has 0 amide bonds. The van der Waals surface area contributed by atoms with Gasteiger partial charge in [0.25, 0.3) is 0 Å². The maximum atomic E-state index is 5.64. The van der Waals surface area contributed by atoms with Crippen LogP contribution < -0.4 is 9.47 Å². The number of rotatable bonds is 4. The standard InChI is InChI=1S/C14H20O2/c1-11(14(2,3)4)10-16-13-8-6-12(15-5)7-9-13/h6-9H,1,10H2,2-5H3. The van der Waals surface area contributed by atoms with Gasteiger partial charge in [-0.1, -0.05) is 27.4 Å². The fraction of sp³-hybridized carbons (Fsp3) is 0.429. The predicted octanol–water partition coefficient (Wildman–Crippen LogP) is 3.68. The Labute approximate surface area is 97.9 Å². The first-order chi connectivity index (χ1) is 7.43. The Morgan fingerprint density at radius 3 is 2.06 bits per heavy atom. The van der Waals surface area contributed by atoms with E-state index in [0.717, 1.165) is 17.1 Å². The maximum Gasteiger partial charge on any atom is 0.120 e. The molecular formula is C14H20O2. The summed E-state index contributed by atoms with van der Waals surface area (Å²) in [6.45, 7) is 11.0. The van der Waals surface area contributed by atoms with E-state index < -0.39 is 0 Å². The molecule has 0 radical (unpaired) electrons.